The van der Waals surface area contributed by atoms with Gasteiger partial charge in [-0.25, -0.2) is 4.68 Å². The van der Waals surface area contributed by atoms with Crippen molar-refractivity contribution in [2.45, 2.75) is 16.8 Å². The molecule has 7 nitrogen and oxygen atoms in total. The fraction of sp³-hybridized carbons (Fsp3) is 0.273. The van der Waals surface area contributed by atoms with Crippen LogP contribution in [-0.4, -0.2) is 62.3 Å². The molecule has 1 aromatic heterocycles. The summed E-state index contributed by atoms with van der Waals surface area (Å²) in [5, 5.41) is 14.1. The monoisotopic (exact) mass is 423 g/mol. The Morgan fingerprint density at radius 3 is 2.73 bits per heavy atom. The van der Waals surface area contributed by atoms with Crippen molar-refractivity contribution in [2.24, 2.45) is 0 Å². The summed E-state index contributed by atoms with van der Waals surface area (Å²) in [4.78, 5) is 15.8. The van der Waals surface area contributed by atoms with Crippen LogP contribution < -0.4 is 0 Å². The van der Waals surface area contributed by atoms with Gasteiger partial charge in [0.25, 0.3) is 5.91 Å². The van der Waals surface area contributed by atoms with Gasteiger partial charge in [0, 0.05) is 29.1 Å². The van der Waals surface area contributed by atoms with E-state index in [2.05, 4.69) is 0 Å². The minimum Gasteiger partial charge on any atom is -0.394 e. The number of hydrogen-bond acceptors (Lipinski definition) is 5. The number of aliphatic hydroxyl groups is 1. The number of ether oxygens (including phenoxy) is 1. The average molecular weight is 423 g/mol. The summed E-state index contributed by atoms with van der Waals surface area (Å²) in [6.45, 7) is 0.967. The van der Waals surface area contributed by atoms with Crippen LogP contribution in [-0.2, 0) is 21.3 Å². The van der Waals surface area contributed by atoms with Gasteiger partial charge in [0.2, 0.25) is 0 Å². The SMILES string of the molecule is O=C(c1nn(-c2ccccc2)c2c1CS(=O)c1ccccc1-2)N1CCOC(CO)C1. The number of morpholine rings is 1. The summed E-state index contributed by atoms with van der Waals surface area (Å²) in [6, 6.07) is 17.2. The van der Waals surface area contributed by atoms with Crippen LogP contribution >= 0.6 is 0 Å². The second-order valence-electron chi connectivity index (χ2n) is 7.34. The first-order valence-corrected chi connectivity index (χ1v) is 11.2. The number of aromatic nitrogens is 2. The van der Waals surface area contributed by atoms with E-state index in [4.69, 9.17) is 9.84 Å². The summed E-state index contributed by atoms with van der Waals surface area (Å²) < 4.78 is 20.2. The van der Waals surface area contributed by atoms with Gasteiger partial charge >= 0.3 is 0 Å². The molecule has 0 aliphatic carbocycles. The van der Waals surface area contributed by atoms with Gasteiger partial charge in [0.1, 0.15) is 0 Å². The predicted octanol–water partition coefficient (Wildman–Crippen LogP) is 1.99. The summed E-state index contributed by atoms with van der Waals surface area (Å²) in [6.07, 6.45) is -0.399. The van der Waals surface area contributed by atoms with Gasteiger partial charge in [0.05, 0.1) is 47.3 Å². The fourth-order valence-electron chi connectivity index (χ4n) is 4.03. The number of amides is 1. The van der Waals surface area contributed by atoms with Crippen LogP contribution in [0.1, 0.15) is 16.1 Å². The Balaban J connectivity index is 1.66. The minimum atomic E-state index is -1.25. The molecular weight excluding hydrogens is 402 g/mol. The third-order valence-corrected chi connectivity index (χ3v) is 6.88. The molecule has 1 N–H and O–H groups in total. The zero-order valence-corrected chi connectivity index (χ0v) is 17.0. The fourth-order valence-corrected chi connectivity index (χ4v) is 5.36. The molecule has 30 heavy (non-hydrogen) atoms. The van der Waals surface area contributed by atoms with E-state index in [1.54, 1.807) is 9.58 Å². The zero-order chi connectivity index (χ0) is 20.7. The Hall–Kier alpha value is -2.81. The van der Waals surface area contributed by atoms with E-state index in [0.29, 0.717) is 31.0 Å². The lowest BCUT2D eigenvalue weighted by atomic mass is 10.0. The van der Waals surface area contributed by atoms with Gasteiger partial charge in [-0.3, -0.25) is 9.00 Å². The van der Waals surface area contributed by atoms with Crippen molar-refractivity contribution in [1.29, 1.82) is 0 Å². The first-order chi connectivity index (χ1) is 14.7. The molecule has 3 heterocycles. The zero-order valence-electron chi connectivity index (χ0n) is 16.2. The molecule has 0 radical (unpaired) electrons. The van der Waals surface area contributed by atoms with Crippen LogP contribution in [0.25, 0.3) is 16.9 Å². The van der Waals surface area contributed by atoms with Crippen molar-refractivity contribution < 1.29 is 18.8 Å². The van der Waals surface area contributed by atoms with Gasteiger partial charge < -0.3 is 14.7 Å². The molecule has 154 valence electrons. The first-order valence-electron chi connectivity index (χ1n) is 9.84. The number of para-hydroxylation sites is 1. The maximum Gasteiger partial charge on any atom is 0.274 e. The number of nitrogens with zero attached hydrogens (tertiary/aromatic N) is 3. The number of rotatable bonds is 3. The van der Waals surface area contributed by atoms with Crippen LogP contribution in [0.5, 0.6) is 0 Å². The molecule has 0 bridgehead atoms. The molecule has 1 amide bonds. The van der Waals surface area contributed by atoms with Gasteiger partial charge in [-0.2, -0.15) is 5.10 Å². The molecule has 1 saturated heterocycles. The van der Waals surface area contributed by atoms with Gasteiger partial charge in [-0.1, -0.05) is 36.4 Å². The lowest BCUT2D eigenvalue weighted by Crippen LogP contribution is -2.47. The van der Waals surface area contributed by atoms with Crippen molar-refractivity contribution in [3.05, 3.63) is 65.9 Å². The maximum atomic E-state index is 13.4. The quantitative estimate of drug-likeness (QED) is 0.697. The Labute approximate surface area is 176 Å². The van der Waals surface area contributed by atoms with Crippen LogP contribution in [0, 0.1) is 0 Å². The highest BCUT2D eigenvalue weighted by atomic mass is 32.2. The van der Waals surface area contributed by atoms with E-state index in [9.17, 15) is 14.1 Å². The molecule has 5 rings (SSSR count). The van der Waals surface area contributed by atoms with Crippen LogP contribution in [0.3, 0.4) is 0 Å². The lowest BCUT2D eigenvalue weighted by Gasteiger charge is -2.31. The first kappa shape index (κ1) is 19.2. The highest BCUT2D eigenvalue weighted by Gasteiger charge is 2.35. The Morgan fingerprint density at radius 2 is 1.93 bits per heavy atom. The van der Waals surface area contributed by atoms with Crippen LogP contribution in [0.2, 0.25) is 0 Å². The number of carbonyl (C=O) groups excluding carboxylic acids is 1. The average Bonchev–Trinajstić information content (AvgIpc) is 3.19. The van der Waals surface area contributed by atoms with Gasteiger partial charge in [-0.05, 0) is 18.2 Å². The second kappa shape index (κ2) is 7.79. The van der Waals surface area contributed by atoms with Gasteiger partial charge in [0.15, 0.2) is 5.69 Å². The lowest BCUT2D eigenvalue weighted by molar-refractivity contribution is -0.0448. The summed E-state index contributed by atoms with van der Waals surface area (Å²) in [5.74, 6) is 0.0210. The Bertz CT molecular complexity index is 1130. The third kappa shape index (κ3) is 3.17. The molecular formula is C22H21N3O4S. The summed E-state index contributed by atoms with van der Waals surface area (Å²) in [7, 11) is -1.25. The number of benzene rings is 2. The number of carbonyl (C=O) groups is 1. The highest BCUT2D eigenvalue weighted by Crippen LogP contribution is 2.39. The standard InChI is InChI=1S/C22H21N3O4S/c26-13-16-12-24(10-11-29-16)22(27)20-18-14-30(28)19-9-5-4-8-17(19)21(18)25(23-20)15-6-2-1-3-7-15/h1-9,16,26H,10-14H2. The normalized spacial score (nSPS) is 20.5. The smallest absolute Gasteiger partial charge is 0.274 e. The van der Waals surface area contributed by atoms with Crippen LogP contribution in [0.15, 0.2) is 59.5 Å². The van der Waals surface area contributed by atoms with E-state index in [-0.39, 0.29) is 18.3 Å². The van der Waals surface area contributed by atoms with E-state index in [0.717, 1.165) is 21.8 Å². The predicted molar refractivity (Wildman–Crippen MR) is 112 cm³/mol. The van der Waals surface area contributed by atoms with E-state index >= 15 is 0 Å². The van der Waals surface area contributed by atoms with Crippen molar-refractivity contribution >= 4 is 16.7 Å². The molecule has 1 fully saturated rings. The third-order valence-electron chi connectivity index (χ3n) is 5.48. The highest BCUT2D eigenvalue weighted by molar-refractivity contribution is 7.84. The van der Waals surface area contributed by atoms with Gasteiger partial charge in [-0.15, -0.1) is 0 Å². The topological polar surface area (TPSA) is 84.7 Å². The largest absolute Gasteiger partial charge is 0.394 e. The summed E-state index contributed by atoms with van der Waals surface area (Å²) >= 11 is 0. The van der Waals surface area contributed by atoms with Crippen molar-refractivity contribution in [3.63, 3.8) is 0 Å². The molecule has 2 aromatic carbocycles. The minimum absolute atomic E-state index is 0.141. The van der Waals surface area contributed by atoms with Crippen molar-refractivity contribution in [1.82, 2.24) is 14.7 Å². The Kier molecular flexibility index (Phi) is 4.98. The molecule has 0 spiro atoms. The number of hydrogen-bond donors (Lipinski definition) is 1. The maximum absolute atomic E-state index is 13.4. The number of aliphatic hydroxyl groups excluding tert-OH is 1. The number of fused-ring (bicyclic) bond motifs is 3. The molecule has 8 heteroatoms. The molecule has 2 unspecified atom stereocenters. The van der Waals surface area contributed by atoms with Crippen molar-refractivity contribution in [3.8, 4) is 16.9 Å². The molecule has 3 aromatic rings. The molecule has 2 atom stereocenters. The van der Waals surface area contributed by atoms with E-state index in [1.165, 1.54) is 0 Å². The molecule has 2 aliphatic rings. The van der Waals surface area contributed by atoms with Crippen LogP contribution in [0.4, 0.5) is 0 Å². The van der Waals surface area contributed by atoms with E-state index in [1.807, 2.05) is 54.6 Å². The van der Waals surface area contributed by atoms with Crippen molar-refractivity contribution in [2.75, 3.05) is 26.3 Å². The molecule has 0 saturated carbocycles. The molecule has 2 aliphatic heterocycles. The second-order valence-corrected chi connectivity index (χ2v) is 8.76. The van der Waals surface area contributed by atoms with E-state index < -0.39 is 16.9 Å². The summed E-state index contributed by atoms with van der Waals surface area (Å²) in [5.41, 5.74) is 3.50. The Morgan fingerprint density at radius 1 is 1.17 bits per heavy atom.